The summed E-state index contributed by atoms with van der Waals surface area (Å²) >= 11 is 1.61. The first kappa shape index (κ1) is 14.9. The average molecular weight is 306 g/mol. The molecule has 1 saturated heterocycles. The quantitative estimate of drug-likeness (QED) is 0.679. The molecule has 116 valence electrons. The molecule has 2 aliphatic rings. The Labute approximate surface area is 132 Å². The van der Waals surface area contributed by atoms with E-state index in [9.17, 15) is 0 Å². The van der Waals surface area contributed by atoms with Crippen LogP contribution in [0.4, 0.5) is 11.6 Å². The molecule has 3 rings (SSSR count). The fraction of sp³-hybridized carbons (Fsp3) is 0.750. The fourth-order valence-corrected chi connectivity index (χ4v) is 4.18. The minimum Gasteiger partial charge on any atom is -0.373 e. The lowest BCUT2D eigenvalue weighted by Gasteiger charge is -2.44. The van der Waals surface area contributed by atoms with E-state index in [1.165, 1.54) is 44.9 Å². The maximum atomic E-state index is 4.69. The van der Waals surface area contributed by atoms with Crippen LogP contribution < -0.4 is 10.2 Å². The molecule has 1 aliphatic heterocycles. The molecule has 0 bridgehead atoms. The van der Waals surface area contributed by atoms with Crippen LogP contribution in [0.3, 0.4) is 0 Å². The molecule has 0 aromatic carbocycles. The van der Waals surface area contributed by atoms with Gasteiger partial charge in [-0.15, -0.1) is 0 Å². The second-order valence-electron chi connectivity index (χ2n) is 6.40. The van der Waals surface area contributed by atoms with Crippen LogP contribution in [-0.4, -0.2) is 36.4 Å². The maximum absolute atomic E-state index is 4.69. The normalized spacial score (nSPS) is 21.5. The lowest BCUT2D eigenvalue weighted by Crippen LogP contribution is -2.41. The molecule has 2 fully saturated rings. The molecule has 1 spiro atoms. The lowest BCUT2D eigenvalue weighted by atomic mass is 9.68. The van der Waals surface area contributed by atoms with E-state index in [0.29, 0.717) is 5.41 Å². The summed E-state index contributed by atoms with van der Waals surface area (Å²) in [4.78, 5) is 11.6. The minimum atomic E-state index is 0.649. The molecule has 0 unspecified atom stereocenters. The number of aromatic nitrogens is 2. The molecular formula is C16H26N4S. The molecule has 2 heterocycles. The van der Waals surface area contributed by atoms with Crippen molar-refractivity contribution in [3.05, 3.63) is 6.07 Å². The largest absolute Gasteiger partial charge is 0.373 e. The molecule has 1 N–H and O–H groups in total. The Morgan fingerprint density at radius 1 is 1.10 bits per heavy atom. The highest BCUT2D eigenvalue weighted by atomic mass is 32.2. The Morgan fingerprint density at radius 3 is 2.43 bits per heavy atom. The van der Waals surface area contributed by atoms with Crippen molar-refractivity contribution in [2.45, 2.75) is 50.1 Å². The zero-order valence-corrected chi connectivity index (χ0v) is 14.0. The van der Waals surface area contributed by atoms with Crippen molar-refractivity contribution < 1.29 is 0 Å². The summed E-state index contributed by atoms with van der Waals surface area (Å²) in [6.07, 6.45) is 11.9. The lowest BCUT2D eigenvalue weighted by molar-refractivity contribution is 0.144. The minimum absolute atomic E-state index is 0.649. The number of thioether (sulfide) groups is 1. The molecule has 0 radical (unpaired) electrons. The monoisotopic (exact) mass is 306 g/mol. The summed E-state index contributed by atoms with van der Waals surface area (Å²) in [5.74, 6) is 2.01. The van der Waals surface area contributed by atoms with E-state index in [1.807, 2.05) is 13.3 Å². The van der Waals surface area contributed by atoms with E-state index < -0.39 is 0 Å². The Kier molecular flexibility index (Phi) is 4.57. The summed E-state index contributed by atoms with van der Waals surface area (Å²) in [6, 6.07) is 2.08. The van der Waals surface area contributed by atoms with Crippen molar-refractivity contribution >= 4 is 23.4 Å². The third-order valence-corrected chi connectivity index (χ3v) is 5.74. The smallest absolute Gasteiger partial charge is 0.191 e. The van der Waals surface area contributed by atoms with Crippen LogP contribution in [0.2, 0.25) is 0 Å². The summed E-state index contributed by atoms with van der Waals surface area (Å²) in [7, 11) is 1.92. The molecule has 1 aliphatic carbocycles. The van der Waals surface area contributed by atoms with Gasteiger partial charge < -0.3 is 10.2 Å². The van der Waals surface area contributed by atoms with E-state index in [1.54, 1.807) is 11.8 Å². The van der Waals surface area contributed by atoms with Gasteiger partial charge >= 0.3 is 0 Å². The van der Waals surface area contributed by atoms with Crippen LogP contribution in [0.15, 0.2) is 11.2 Å². The van der Waals surface area contributed by atoms with Gasteiger partial charge in [0.15, 0.2) is 5.16 Å². The predicted octanol–water partition coefficient (Wildman–Crippen LogP) is 3.79. The predicted molar refractivity (Wildman–Crippen MR) is 90.3 cm³/mol. The van der Waals surface area contributed by atoms with Crippen LogP contribution in [-0.2, 0) is 0 Å². The van der Waals surface area contributed by atoms with Gasteiger partial charge in [-0.25, -0.2) is 9.97 Å². The number of anilines is 2. The molecule has 21 heavy (non-hydrogen) atoms. The molecular weight excluding hydrogens is 280 g/mol. The Morgan fingerprint density at radius 2 is 1.81 bits per heavy atom. The van der Waals surface area contributed by atoms with Crippen molar-refractivity contribution in [1.29, 1.82) is 0 Å². The number of rotatable bonds is 3. The highest BCUT2D eigenvalue weighted by molar-refractivity contribution is 7.98. The number of piperidine rings is 1. The average Bonchev–Trinajstić information content (AvgIpc) is 2.55. The number of nitrogens with zero attached hydrogens (tertiary/aromatic N) is 3. The van der Waals surface area contributed by atoms with Gasteiger partial charge in [0.1, 0.15) is 11.6 Å². The summed E-state index contributed by atoms with van der Waals surface area (Å²) in [5, 5.41) is 4.00. The van der Waals surface area contributed by atoms with Crippen LogP contribution in [0, 0.1) is 5.41 Å². The molecule has 1 aromatic rings. The van der Waals surface area contributed by atoms with Gasteiger partial charge in [-0.2, -0.15) is 0 Å². The molecule has 5 heteroatoms. The molecule has 4 nitrogen and oxygen atoms in total. The first-order chi connectivity index (χ1) is 10.2. The van der Waals surface area contributed by atoms with Crippen molar-refractivity contribution in [3.8, 4) is 0 Å². The van der Waals surface area contributed by atoms with E-state index in [4.69, 9.17) is 4.98 Å². The van der Waals surface area contributed by atoms with Crippen LogP contribution in [0.5, 0.6) is 0 Å². The highest BCUT2D eigenvalue weighted by Crippen LogP contribution is 2.45. The maximum Gasteiger partial charge on any atom is 0.191 e. The molecule has 0 atom stereocenters. The van der Waals surface area contributed by atoms with Gasteiger partial charge in [-0.3, -0.25) is 0 Å². The van der Waals surface area contributed by atoms with Crippen molar-refractivity contribution in [2.24, 2.45) is 5.41 Å². The van der Waals surface area contributed by atoms with Gasteiger partial charge in [0, 0.05) is 26.2 Å². The van der Waals surface area contributed by atoms with E-state index in [-0.39, 0.29) is 0 Å². The second kappa shape index (κ2) is 6.42. The van der Waals surface area contributed by atoms with Crippen molar-refractivity contribution in [1.82, 2.24) is 9.97 Å². The Bertz CT molecular complexity index is 453. The summed E-state index contributed by atoms with van der Waals surface area (Å²) < 4.78 is 0. The van der Waals surface area contributed by atoms with Gasteiger partial charge in [0.25, 0.3) is 0 Å². The zero-order valence-electron chi connectivity index (χ0n) is 13.2. The number of nitrogens with one attached hydrogen (secondary N) is 1. The first-order valence-electron chi connectivity index (χ1n) is 8.10. The van der Waals surface area contributed by atoms with Crippen molar-refractivity contribution in [3.63, 3.8) is 0 Å². The van der Waals surface area contributed by atoms with Crippen LogP contribution in [0.25, 0.3) is 0 Å². The fourth-order valence-electron chi connectivity index (χ4n) is 3.81. The zero-order chi connectivity index (χ0) is 14.7. The van der Waals surface area contributed by atoms with Crippen LogP contribution in [0.1, 0.15) is 44.9 Å². The SMILES string of the molecule is CNc1cc(N2CCC3(CCCCC3)CC2)nc(SC)n1. The van der Waals surface area contributed by atoms with Crippen LogP contribution >= 0.6 is 11.8 Å². The molecule has 1 saturated carbocycles. The Balaban J connectivity index is 1.71. The topological polar surface area (TPSA) is 41.0 Å². The molecule has 0 amide bonds. The van der Waals surface area contributed by atoms with Gasteiger partial charge in [0.2, 0.25) is 0 Å². The van der Waals surface area contributed by atoms with E-state index >= 15 is 0 Å². The third kappa shape index (κ3) is 3.28. The highest BCUT2D eigenvalue weighted by Gasteiger charge is 2.35. The van der Waals surface area contributed by atoms with Gasteiger partial charge in [0.05, 0.1) is 0 Å². The number of hydrogen-bond acceptors (Lipinski definition) is 5. The summed E-state index contributed by atoms with van der Waals surface area (Å²) in [6.45, 7) is 2.29. The Hall–Kier alpha value is -0.970. The molecule has 1 aromatic heterocycles. The van der Waals surface area contributed by atoms with Crippen molar-refractivity contribution in [2.75, 3.05) is 36.6 Å². The first-order valence-corrected chi connectivity index (χ1v) is 9.33. The number of hydrogen-bond donors (Lipinski definition) is 1. The standard InChI is InChI=1S/C16H26N4S/c1-17-13-12-14(19-15(18-13)21-2)20-10-8-16(9-11-20)6-4-3-5-7-16/h12H,3-11H2,1-2H3,(H,17,18,19). The van der Waals surface area contributed by atoms with Gasteiger partial charge in [-0.05, 0) is 37.4 Å². The van der Waals surface area contributed by atoms with E-state index in [0.717, 1.165) is 29.9 Å². The van der Waals surface area contributed by atoms with Gasteiger partial charge in [-0.1, -0.05) is 31.0 Å². The third-order valence-electron chi connectivity index (χ3n) is 5.19. The second-order valence-corrected chi connectivity index (χ2v) is 7.17. The summed E-state index contributed by atoms with van der Waals surface area (Å²) in [5.41, 5.74) is 0.649. The van der Waals surface area contributed by atoms with E-state index in [2.05, 4.69) is 21.3 Å².